The van der Waals surface area contributed by atoms with Gasteiger partial charge in [0.05, 0.1) is 29.1 Å². The summed E-state index contributed by atoms with van der Waals surface area (Å²) in [6, 6.07) is 15.6. The molecule has 2 amide bonds. The third kappa shape index (κ3) is 5.44. The number of aliphatic imine (C=N–C) groups is 1. The van der Waals surface area contributed by atoms with Gasteiger partial charge < -0.3 is 21.7 Å². The van der Waals surface area contributed by atoms with Crippen molar-refractivity contribution in [3.63, 3.8) is 0 Å². The predicted molar refractivity (Wildman–Crippen MR) is 159 cm³/mol. The molecule has 2 aliphatic rings. The van der Waals surface area contributed by atoms with E-state index >= 15 is 0 Å². The van der Waals surface area contributed by atoms with Gasteiger partial charge in [0, 0.05) is 52.3 Å². The molecule has 0 bridgehead atoms. The third-order valence-corrected chi connectivity index (χ3v) is 8.02. The second-order valence-electron chi connectivity index (χ2n) is 10.5. The molecule has 5 N–H and O–H groups in total. The first-order valence-electron chi connectivity index (χ1n) is 13.5. The number of hydrogen-bond donors (Lipinski definition) is 3. The van der Waals surface area contributed by atoms with Crippen LogP contribution in [0.25, 0.3) is 11.3 Å². The van der Waals surface area contributed by atoms with E-state index in [1.165, 1.54) is 18.2 Å². The van der Waals surface area contributed by atoms with E-state index < -0.39 is 23.1 Å². The molecule has 0 atom stereocenters. The highest BCUT2D eigenvalue weighted by Crippen LogP contribution is 2.35. The number of benzene rings is 3. The molecule has 9 nitrogen and oxygen atoms in total. The summed E-state index contributed by atoms with van der Waals surface area (Å²) in [5, 5.41) is 3.53. The van der Waals surface area contributed by atoms with Crippen molar-refractivity contribution in [3.05, 3.63) is 106 Å². The van der Waals surface area contributed by atoms with Crippen molar-refractivity contribution >= 4 is 40.8 Å². The summed E-state index contributed by atoms with van der Waals surface area (Å²) in [6.07, 6.45) is 2.23. The number of aromatic nitrogens is 2. The van der Waals surface area contributed by atoms with Gasteiger partial charge in [-0.15, -0.1) is 0 Å². The zero-order valence-electron chi connectivity index (χ0n) is 22.8. The van der Waals surface area contributed by atoms with Crippen LogP contribution in [-0.4, -0.2) is 51.0 Å². The summed E-state index contributed by atoms with van der Waals surface area (Å²) < 4.78 is 29.6. The van der Waals surface area contributed by atoms with Gasteiger partial charge in [0.15, 0.2) is 0 Å². The number of anilines is 2. The van der Waals surface area contributed by atoms with Gasteiger partial charge in [0.1, 0.15) is 11.6 Å². The molecule has 3 heterocycles. The van der Waals surface area contributed by atoms with Gasteiger partial charge in [0.25, 0.3) is 5.91 Å². The van der Waals surface area contributed by atoms with Crippen LogP contribution < -0.4 is 16.8 Å². The first-order chi connectivity index (χ1) is 20.6. The third-order valence-electron chi connectivity index (χ3n) is 7.79. The Morgan fingerprint density at radius 2 is 1.67 bits per heavy atom. The Balaban J connectivity index is 1.24. The van der Waals surface area contributed by atoms with E-state index in [2.05, 4.69) is 15.3 Å². The van der Waals surface area contributed by atoms with Gasteiger partial charge in [-0.3, -0.25) is 14.6 Å². The van der Waals surface area contributed by atoms with Gasteiger partial charge in [0.2, 0.25) is 11.9 Å². The number of amides is 2. The van der Waals surface area contributed by atoms with Crippen LogP contribution in [0.5, 0.6) is 0 Å². The molecule has 1 saturated heterocycles. The highest BCUT2D eigenvalue weighted by atomic mass is 35.5. The van der Waals surface area contributed by atoms with Crippen molar-refractivity contribution < 1.29 is 18.4 Å². The van der Waals surface area contributed by atoms with E-state index in [4.69, 9.17) is 28.1 Å². The molecule has 0 aliphatic carbocycles. The zero-order chi connectivity index (χ0) is 30.3. The number of rotatable bonds is 5. The molecule has 218 valence electrons. The van der Waals surface area contributed by atoms with E-state index in [1.54, 1.807) is 53.6 Å². The molecule has 0 unspecified atom stereocenters. The number of primary amides is 1. The van der Waals surface area contributed by atoms with Crippen molar-refractivity contribution in [3.8, 4) is 11.3 Å². The minimum absolute atomic E-state index is 0.100. The van der Waals surface area contributed by atoms with Crippen molar-refractivity contribution in [1.29, 1.82) is 0 Å². The summed E-state index contributed by atoms with van der Waals surface area (Å²) in [5.41, 5.74) is 13.7. The van der Waals surface area contributed by atoms with Crippen LogP contribution in [0.3, 0.4) is 0 Å². The molecule has 2 aliphatic heterocycles. The van der Waals surface area contributed by atoms with Crippen molar-refractivity contribution in [2.75, 3.05) is 18.4 Å². The molecule has 4 aromatic rings. The second-order valence-corrected chi connectivity index (χ2v) is 11.0. The summed E-state index contributed by atoms with van der Waals surface area (Å²) in [6.45, 7) is 0.773. The van der Waals surface area contributed by atoms with Gasteiger partial charge in [-0.25, -0.2) is 18.7 Å². The zero-order valence-corrected chi connectivity index (χ0v) is 23.5. The highest BCUT2D eigenvalue weighted by molar-refractivity contribution is 6.31. The molecule has 0 saturated carbocycles. The van der Waals surface area contributed by atoms with E-state index in [1.807, 2.05) is 0 Å². The lowest BCUT2D eigenvalue weighted by molar-refractivity contribution is -0.124. The highest BCUT2D eigenvalue weighted by Gasteiger charge is 2.37. The van der Waals surface area contributed by atoms with Gasteiger partial charge >= 0.3 is 0 Å². The quantitative estimate of drug-likeness (QED) is 0.306. The number of nitrogens with zero attached hydrogens (tertiary/aromatic N) is 4. The first-order valence-corrected chi connectivity index (χ1v) is 13.9. The van der Waals surface area contributed by atoms with Crippen LogP contribution in [0.15, 0.2) is 71.9 Å². The standard InChI is InChI=1S/C31H26ClF2N7O2/c32-19-6-9-21-22(14-19)27(25-23(33)2-1-3-24(25)34)37-15-18-16-38-30(40-26(18)21)39-20-7-4-17(5-8-20)28(42)41-12-10-31(36,11-13-41)29(35)43/h1-9,14,16H,10-13,15,36H2,(H2,35,43)(H,38,39,40). The smallest absolute Gasteiger partial charge is 0.253 e. The average Bonchev–Trinajstić information content (AvgIpc) is 3.14. The topological polar surface area (TPSA) is 140 Å². The molecule has 1 aromatic heterocycles. The Bertz CT molecular complexity index is 1770. The Kier molecular flexibility index (Phi) is 7.37. The summed E-state index contributed by atoms with van der Waals surface area (Å²) >= 11 is 6.30. The van der Waals surface area contributed by atoms with Crippen LogP contribution in [0, 0.1) is 11.6 Å². The van der Waals surface area contributed by atoms with Crippen LogP contribution in [0.1, 0.15) is 39.9 Å². The van der Waals surface area contributed by atoms with E-state index in [9.17, 15) is 18.4 Å². The largest absolute Gasteiger partial charge is 0.368 e. The van der Waals surface area contributed by atoms with Crippen molar-refractivity contribution in [1.82, 2.24) is 14.9 Å². The lowest BCUT2D eigenvalue weighted by Crippen LogP contribution is -2.59. The van der Waals surface area contributed by atoms with Gasteiger partial charge in [-0.05, 0) is 61.4 Å². The maximum atomic E-state index is 14.8. The molecule has 3 aromatic carbocycles. The van der Waals surface area contributed by atoms with E-state index in [0.717, 1.165) is 0 Å². The second kappa shape index (κ2) is 11.2. The fourth-order valence-electron chi connectivity index (χ4n) is 5.29. The number of fused-ring (bicyclic) bond motifs is 3. The van der Waals surface area contributed by atoms with Gasteiger partial charge in [-0.2, -0.15) is 0 Å². The van der Waals surface area contributed by atoms with E-state index in [-0.39, 0.29) is 29.7 Å². The number of carbonyl (C=O) groups is 2. The molecular formula is C31H26ClF2N7O2. The van der Waals surface area contributed by atoms with Gasteiger partial charge in [-0.1, -0.05) is 23.7 Å². The number of nitrogens with two attached hydrogens (primary N) is 2. The SMILES string of the molecule is NC(=O)C1(N)CCN(C(=O)c2ccc(Nc3ncc4c(n3)-c3ccc(Cl)cc3C(c3c(F)cccc3F)=NC4)cc2)CC1. The number of piperidine rings is 1. The van der Waals surface area contributed by atoms with Crippen molar-refractivity contribution in [2.45, 2.75) is 24.9 Å². The number of nitrogens with one attached hydrogen (secondary N) is 1. The Morgan fingerprint density at radius 3 is 2.35 bits per heavy atom. The summed E-state index contributed by atoms with van der Waals surface area (Å²) in [4.78, 5) is 40.0. The summed E-state index contributed by atoms with van der Waals surface area (Å²) in [5.74, 6) is -1.92. The lowest BCUT2D eigenvalue weighted by Gasteiger charge is -2.37. The molecule has 1 fully saturated rings. The van der Waals surface area contributed by atoms with Crippen molar-refractivity contribution in [2.24, 2.45) is 16.5 Å². The Hall–Kier alpha value is -4.74. The van der Waals surface area contributed by atoms with Crippen LogP contribution >= 0.6 is 11.6 Å². The molecule has 0 spiro atoms. The van der Waals surface area contributed by atoms with Crippen LogP contribution in [-0.2, 0) is 11.3 Å². The minimum atomic E-state index is -1.09. The lowest BCUT2D eigenvalue weighted by atomic mass is 9.88. The summed E-state index contributed by atoms with van der Waals surface area (Å²) in [7, 11) is 0. The van der Waals surface area contributed by atoms with E-state index in [0.29, 0.717) is 64.6 Å². The molecule has 6 rings (SSSR count). The Labute approximate surface area is 250 Å². The Morgan fingerprint density at radius 1 is 0.977 bits per heavy atom. The fraction of sp³-hybridized carbons (Fsp3) is 0.194. The average molecular weight is 602 g/mol. The maximum Gasteiger partial charge on any atom is 0.253 e. The number of hydrogen-bond acceptors (Lipinski definition) is 7. The monoisotopic (exact) mass is 601 g/mol. The molecule has 43 heavy (non-hydrogen) atoms. The number of carbonyl (C=O) groups excluding carboxylic acids is 2. The molecule has 0 radical (unpaired) electrons. The molecule has 12 heteroatoms. The number of halogens is 3. The maximum absolute atomic E-state index is 14.8. The fourth-order valence-corrected chi connectivity index (χ4v) is 5.46. The van der Waals surface area contributed by atoms with Crippen LogP contribution in [0.4, 0.5) is 20.4 Å². The van der Waals surface area contributed by atoms with Crippen LogP contribution in [0.2, 0.25) is 5.02 Å². The number of likely N-dealkylation sites (tertiary alicyclic amines) is 1. The first kappa shape index (κ1) is 28.4. The normalized spacial score (nSPS) is 15.5. The minimum Gasteiger partial charge on any atom is -0.368 e. The molecular weight excluding hydrogens is 576 g/mol. The predicted octanol–water partition coefficient (Wildman–Crippen LogP) is 4.59.